The molecule has 0 aromatic heterocycles. The number of hydrogen-bond donors (Lipinski definition) is 1. The van der Waals surface area contributed by atoms with Crippen LogP contribution in [0.25, 0.3) is 0 Å². The van der Waals surface area contributed by atoms with Gasteiger partial charge in [0.15, 0.2) is 0 Å². The van der Waals surface area contributed by atoms with E-state index in [-0.39, 0.29) is 18.5 Å². The summed E-state index contributed by atoms with van der Waals surface area (Å²) < 4.78 is 20.0. The molecule has 0 amide bonds. The number of carbonyl (C=O) groups is 1. The van der Waals surface area contributed by atoms with Gasteiger partial charge in [-0.1, -0.05) is 0 Å². The van der Waals surface area contributed by atoms with Gasteiger partial charge in [0.1, 0.15) is 0 Å². The zero-order valence-corrected chi connectivity index (χ0v) is 10.6. The molecule has 0 rings (SSSR count). The molecule has 6 nitrogen and oxygen atoms in total. The fourth-order valence-corrected chi connectivity index (χ4v) is 1.10. The Bertz CT molecular complexity index is 185. The van der Waals surface area contributed by atoms with E-state index in [0.29, 0.717) is 39.4 Å². The highest BCUT2D eigenvalue weighted by atomic mass is 16.5. The maximum atomic E-state index is 11.3. The number of ether oxygens (including phenoxy) is 4. The third-order valence-corrected chi connectivity index (χ3v) is 2.12. The molecule has 0 saturated heterocycles. The van der Waals surface area contributed by atoms with Crippen molar-refractivity contribution in [2.45, 2.75) is 18.9 Å². The van der Waals surface area contributed by atoms with Crippen LogP contribution in [0.1, 0.15) is 12.8 Å². The predicted molar refractivity (Wildman–Crippen MR) is 62.7 cm³/mol. The first-order valence-electron chi connectivity index (χ1n) is 5.69. The molecule has 0 aliphatic rings. The molecule has 0 aliphatic carbocycles. The Kier molecular flexibility index (Phi) is 11.3. The van der Waals surface area contributed by atoms with Gasteiger partial charge in [-0.2, -0.15) is 0 Å². The van der Waals surface area contributed by atoms with Crippen LogP contribution in [0.15, 0.2) is 0 Å². The number of rotatable bonds is 11. The Morgan fingerprint density at radius 2 is 1.94 bits per heavy atom. The van der Waals surface area contributed by atoms with E-state index in [9.17, 15) is 4.79 Å². The molecule has 0 heterocycles. The summed E-state index contributed by atoms with van der Waals surface area (Å²) in [6, 6.07) is 0. The topological polar surface area (TPSA) is 80.0 Å². The lowest BCUT2D eigenvalue weighted by Gasteiger charge is -2.12. The highest BCUT2D eigenvalue weighted by Crippen LogP contribution is 1.98. The smallest absolute Gasteiger partial charge is 0.308 e. The van der Waals surface area contributed by atoms with Crippen LogP contribution in [0.2, 0.25) is 0 Å². The second-order valence-electron chi connectivity index (χ2n) is 3.48. The standard InChI is InChI=1S/C11H23NO5/c1-14-6-7-16-4-3-5-17-11(13)8-10(9-12)15-2/h10H,3-9,12H2,1-2H3. The van der Waals surface area contributed by atoms with Gasteiger partial charge >= 0.3 is 5.97 Å². The Labute approximate surface area is 102 Å². The maximum absolute atomic E-state index is 11.3. The van der Waals surface area contributed by atoms with E-state index in [1.165, 1.54) is 7.11 Å². The third-order valence-electron chi connectivity index (χ3n) is 2.12. The van der Waals surface area contributed by atoms with E-state index in [1.807, 2.05) is 0 Å². The molecule has 0 bridgehead atoms. The van der Waals surface area contributed by atoms with Crippen molar-refractivity contribution in [3.05, 3.63) is 0 Å². The number of esters is 1. The summed E-state index contributed by atoms with van der Waals surface area (Å²) in [6.07, 6.45) is 0.605. The molecule has 0 radical (unpaired) electrons. The molecular weight excluding hydrogens is 226 g/mol. The third kappa shape index (κ3) is 10.2. The molecule has 0 spiro atoms. The molecule has 0 aliphatic heterocycles. The first kappa shape index (κ1) is 16.3. The minimum absolute atomic E-state index is 0.192. The number of methoxy groups -OCH3 is 2. The Morgan fingerprint density at radius 3 is 2.53 bits per heavy atom. The predicted octanol–water partition coefficient (Wildman–Crippen LogP) is -0.0535. The van der Waals surface area contributed by atoms with Crippen molar-refractivity contribution in [2.24, 2.45) is 5.73 Å². The van der Waals surface area contributed by atoms with Crippen LogP contribution < -0.4 is 5.73 Å². The fourth-order valence-electron chi connectivity index (χ4n) is 1.10. The van der Waals surface area contributed by atoms with Gasteiger partial charge in [-0.05, 0) is 0 Å². The van der Waals surface area contributed by atoms with E-state index in [2.05, 4.69) is 0 Å². The highest BCUT2D eigenvalue weighted by Gasteiger charge is 2.12. The minimum atomic E-state index is -0.292. The van der Waals surface area contributed by atoms with Crippen LogP contribution in [-0.4, -0.2) is 59.3 Å². The molecule has 0 saturated carbocycles. The molecule has 2 N–H and O–H groups in total. The molecule has 0 fully saturated rings. The second kappa shape index (κ2) is 11.8. The van der Waals surface area contributed by atoms with Crippen LogP contribution >= 0.6 is 0 Å². The van der Waals surface area contributed by atoms with Crippen molar-refractivity contribution in [3.63, 3.8) is 0 Å². The molecule has 1 atom stereocenters. The van der Waals surface area contributed by atoms with Crippen molar-refractivity contribution < 1.29 is 23.7 Å². The molecule has 0 aromatic rings. The van der Waals surface area contributed by atoms with E-state index in [4.69, 9.17) is 24.7 Å². The zero-order valence-electron chi connectivity index (χ0n) is 10.6. The van der Waals surface area contributed by atoms with E-state index in [1.54, 1.807) is 7.11 Å². The molecular formula is C11H23NO5. The summed E-state index contributed by atoms with van der Waals surface area (Å²) in [6.45, 7) is 2.36. The average Bonchev–Trinajstić information content (AvgIpc) is 2.34. The van der Waals surface area contributed by atoms with E-state index in [0.717, 1.165) is 0 Å². The van der Waals surface area contributed by atoms with Crippen LogP contribution in [0.4, 0.5) is 0 Å². The summed E-state index contributed by atoms with van der Waals surface area (Å²) in [4.78, 5) is 11.3. The van der Waals surface area contributed by atoms with Gasteiger partial charge in [0.05, 0.1) is 32.3 Å². The molecule has 17 heavy (non-hydrogen) atoms. The fraction of sp³-hybridized carbons (Fsp3) is 0.909. The number of carbonyl (C=O) groups excluding carboxylic acids is 1. The summed E-state index contributed by atoms with van der Waals surface area (Å²) in [5.74, 6) is -0.292. The second-order valence-corrected chi connectivity index (χ2v) is 3.48. The van der Waals surface area contributed by atoms with Crippen molar-refractivity contribution in [2.75, 3.05) is 47.2 Å². The van der Waals surface area contributed by atoms with Gasteiger partial charge in [0.2, 0.25) is 0 Å². The SMILES string of the molecule is COCCOCCCOC(=O)CC(CN)OC. The van der Waals surface area contributed by atoms with E-state index < -0.39 is 0 Å². The van der Waals surface area contributed by atoms with E-state index >= 15 is 0 Å². The van der Waals surface area contributed by atoms with Gasteiger partial charge in [0.25, 0.3) is 0 Å². The molecule has 6 heteroatoms. The van der Waals surface area contributed by atoms with Crippen LogP contribution in [0.3, 0.4) is 0 Å². The van der Waals surface area contributed by atoms with Crippen molar-refractivity contribution in [3.8, 4) is 0 Å². The van der Waals surface area contributed by atoms with Crippen molar-refractivity contribution in [1.82, 2.24) is 0 Å². The number of nitrogens with two attached hydrogens (primary N) is 1. The largest absolute Gasteiger partial charge is 0.466 e. The first-order valence-corrected chi connectivity index (χ1v) is 5.69. The summed E-state index contributed by atoms with van der Waals surface area (Å²) in [5, 5.41) is 0. The molecule has 1 unspecified atom stereocenters. The maximum Gasteiger partial charge on any atom is 0.308 e. The van der Waals surface area contributed by atoms with Crippen molar-refractivity contribution >= 4 is 5.97 Å². The zero-order chi connectivity index (χ0) is 12.9. The van der Waals surface area contributed by atoms with Crippen LogP contribution in [-0.2, 0) is 23.7 Å². The average molecular weight is 249 g/mol. The lowest BCUT2D eigenvalue weighted by atomic mass is 10.2. The Balaban J connectivity index is 3.33. The molecule has 102 valence electrons. The number of hydrogen-bond acceptors (Lipinski definition) is 6. The van der Waals surface area contributed by atoms with Gasteiger partial charge in [-0.15, -0.1) is 0 Å². The summed E-state index contributed by atoms with van der Waals surface area (Å²) in [5.41, 5.74) is 5.39. The van der Waals surface area contributed by atoms with Gasteiger partial charge in [-0.25, -0.2) is 0 Å². The summed E-state index contributed by atoms with van der Waals surface area (Å²) in [7, 11) is 3.14. The van der Waals surface area contributed by atoms with Crippen LogP contribution in [0.5, 0.6) is 0 Å². The Hall–Kier alpha value is -0.690. The monoisotopic (exact) mass is 249 g/mol. The highest BCUT2D eigenvalue weighted by molar-refractivity contribution is 5.69. The lowest BCUT2D eigenvalue weighted by Crippen LogP contribution is -2.26. The lowest BCUT2D eigenvalue weighted by molar-refractivity contribution is -0.146. The van der Waals surface area contributed by atoms with Gasteiger partial charge in [-0.3, -0.25) is 4.79 Å². The molecule has 0 aromatic carbocycles. The minimum Gasteiger partial charge on any atom is -0.466 e. The Morgan fingerprint density at radius 1 is 1.18 bits per heavy atom. The van der Waals surface area contributed by atoms with Crippen LogP contribution in [0, 0.1) is 0 Å². The first-order chi connectivity index (χ1) is 8.24. The van der Waals surface area contributed by atoms with Gasteiger partial charge in [0, 0.05) is 33.8 Å². The van der Waals surface area contributed by atoms with Gasteiger partial charge < -0.3 is 24.7 Å². The quantitative estimate of drug-likeness (QED) is 0.408. The normalized spacial score (nSPS) is 12.4. The summed E-state index contributed by atoms with van der Waals surface area (Å²) >= 11 is 0. The van der Waals surface area contributed by atoms with Crippen molar-refractivity contribution in [1.29, 1.82) is 0 Å².